The van der Waals surface area contributed by atoms with Crippen molar-refractivity contribution in [3.63, 3.8) is 0 Å². The first-order chi connectivity index (χ1) is 14.4. The number of benzene rings is 1. The fourth-order valence-electron chi connectivity index (χ4n) is 4.50. The number of amides is 2. The summed E-state index contributed by atoms with van der Waals surface area (Å²) in [4.78, 5) is 30.7. The van der Waals surface area contributed by atoms with E-state index in [4.69, 9.17) is 0 Å². The molecule has 1 aromatic carbocycles. The Hall–Kier alpha value is -2.24. The number of rotatable bonds is 8. The van der Waals surface area contributed by atoms with Gasteiger partial charge in [0.1, 0.15) is 0 Å². The maximum Gasteiger partial charge on any atom is 0.256 e. The molecule has 7 nitrogen and oxygen atoms in total. The molecule has 1 heterocycles. The molecule has 0 spiro atoms. The lowest BCUT2D eigenvalue weighted by Gasteiger charge is -2.30. The quantitative estimate of drug-likeness (QED) is 0.378. The Kier molecular flexibility index (Phi) is 5.69. The molecular weight excluding hydrogens is 398 g/mol. The summed E-state index contributed by atoms with van der Waals surface area (Å²) in [6.45, 7) is 3.90. The summed E-state index contributed by atoms with van der Waals surface area (Å²) in [6.07, 6.45) is 7.22. The molecule has 2 atom stereocenters. The van der Waals surface area contributed by atoms with Gasteiger partial charge in [-0.1, -0.05) is 25.8 Å². The topological polar surface area (TPSA) is 79.7 Å². The molecule has 0 aromatic heterocycles. The van der Waals surface area contributed by atoms with E-state index in [0.717, 1.165) is 37.7 Å². The summed E-state index contributed by atoms with van der Waals surface area (Å²) in [5, 5.41) is 9.25. The van der Waals surface area contributed by atoms with Crippen molar-refractivity contribution in [1.82, 2.24) is 14.5 Å². The first kappa shape index (κ1) is 21.0. The highest BCUT2D eigenvalue weighted by atomic mass is 32.1. The van der Waals surface area contributed by atoms with Crippen LogP contribution in [0.2, 0.25) is 0 Å². The minimum atomic E-state index is -0.198. The largest absolute Gasteiger partial charge is 0.337 e. The van der Waals surface area contributed by atoms with Crippen LogP contribution in [0.1, 0.15) is 48.5 Å². The number of likely N-dealkylation sites (N-methyl/N-ethyl adjacent to an activating group) is 1. The number of anilines is 1. The van der Waals surface area contributed by atoms with Gasteiger partial charge in [0.25, 0.3) is 5.91 Å². The Morgan fingerprint density at radius 2 is 2.13 bits per heavy atom. The van der Waals surface area contributed by atoms with Crippen molar-refractivity contribution in [2.45, 2.75) is 44.2 Å². The molecule has 2 aliphatic carbocycles. The minimum Gasteiger partial charge on any atom is -0.337 e. The third-order valence-corrected chi connectivity index (χ3v) is 7.29. The standard InChI is InChI=1S/C22H29N5O2S/c1-15-10-26(13-23)12-20(15)25(2)21(29)18-9-17(22(24-30)7-8-22)5-6-19(18)27(14-28)11-16-3-4-16/h5-6,9,14-16,20,24,30H,3-4,7-8,10-12H2,1-2H3. The number of hydrogen-bond acceptors (Lipinski definition) is 6. The molecule has 2 amide bonds. The highest BCUT2D eigenvalue weighted by molar-refractivity contribution is 7.78. The van der Waals surface area contributed by atoms with Crippen molar-refractivity contribution in [3.8, 4) is 6.19 Å². The van der Waals surface area contributed by atoms with Crippen molar-refractivity contribution >= 4 is 30.8 Å². The molecule has 2 saturated carbocycles. The van der Waals surface area contributed by atoms with Crippen LogP contribution in [0.4, 0.5) is 5.69 Å². The Bertz CT molecular complexity index is 877. The zero-order valence-corrected chi connectivity index (χ0v) is 18.4. The number of carbonyl (C=O) groups excluding carboxylic acids is 2. The van der Waals surface area contributed by atoms with Crippen LogP contribution in [-0.2, 0) is 10.3 Å². The van der Waals surface area contributed by atoms with E-state index in [1.54, 1.807) is 21.7 Å². The highest BCUT2D eigenvalue weighted by Gasteiger charge is 2.44. The van der Waals surface area contributed by atoms with Gasteiger partial charge < -0.3 is 14.7 Å². The third-order valence-electron chi connectivity index (χ3n) is 6.86. The predicted molar refractivity (Wildman–Crippen MR) is 118 cm³/mol. The molecule has 1 saturated heterocycles. The molecule has 1 aliphatic heterocycles. The van der Waals surface area contributed by atoms with Gasteiger partial charge in [-0.2, -0.15) is 5.26 Å². The van der Waals surface area contributed by atoms with Crippen molar-refractivity contribution in [1.29, 1.82) is 5.26 Å². The lowest BCUT2D eigenvalue weighted by Crippen LogP contribution is -2.42. The second kappa shape index (κ2) is 8.12. The minimum absolute atomic E-state index is 0.0420. The first-order valence-electron chi connectivity index (χ1n) is 10.6. The number of carbonyl (C=O) groups is 2. The lowest BCUT2D eigenvalue weighted by atomic mass is 9.98. The Labute approximate surface area is 183 Å². The monoisotopic (exact) mass is 427 g/mol. The van der Waals surface area contributed by atoms with E-state index in [2.05, 4.69) is 30.7 Å². The average molecular weight is 428 g/mol. The Morgan fingerprint density at radius 3 is 2.67 bits per heavy atom. The molecule has 4 rings (SSSR count). The fraction of sp³-hybridized carbons (Fsp3) is 0.591. The van der Waals surface area contributed by atoms with Crippen molar-refractivity contribution in [2.75, 3.05) is 31.6 Å². The van der Waals surface area contributed by atoms with Gasteiger partial charge in [0.05, 0.1) is 22.8 Å². The van der Waals surface area contributed by atoms with E-state index in [1.807, 2.05) is 18.2 Å². The van der Waals surface area contributed by atoms with Crippen molar-refractivity contribution in [2.24, 2.45) is 11.8 Å². The number of thiol groups is 1. The normalized spacial score (nSPS) is 24.3. The van der Waals surface area contributed by atoms with Gasteiger partial charge >= 0.3 is 0 Å². The van der Waals surface area contributed by atoms with Gasteiger partial charge in [0, 0.05) is 26.7 Å². The summed E-state index contributed by atoms with van der Waals surface area (Å²) >= 11 is 4.30. The van der Waals surface area contributed by atoms with Gasteiger partial charge in [-0.25, -0.2) is 0 Å². The van der Waals surface area contributed by atoms with Gasteiger partial charge in [-0.05, 0) is 55.2 Å². The van der Waals surface area contributed by atoms with Crippen LogP contribution < -0.4 is 9.62 Å². The molecule has 1 N–H and O–H groups in total. The summed E-state index contributed by atoms with van der Waals surface area (Å²) in [6, 6.07) is 5.79. The van der Waals surface area contributed by atoms with Crippen LogP contribution >= 0.6 is 12.8 Å². The second-order valence-electron chi connectivity index (χ2n) is 9.09. The molecule has 3 fully saturated rings. The third kappa shape index (κ3) is 3.88. The number of nitrogens with one attached hydrogen (secondary N) is 1. The first-order valence-corrected chi connectivity index (χ1v) is 11.1. The molecule has 2 unspecified atom stereocenters. The van der Waals surface area contributed by atoms with E-state index in [-0.39, 0.29) is 23.4 Å². The van der Waals surface area contributed by atoms with E-state index in [1.165, 1.54) is 0 Å². The van der Waals surface area contributed by atoms with Crippen LogP contribution in [0.15, 0.2) is 18.2 Å². The van der Waals surface area contributed by atoms with Crippen LogP contribution in [0.3, 0.4) is 0 Å². The van der Waals surface area contributed by atoms with Crippen molar-refractivity contribution in [3.05, 3.63) is 29.3 Å². The molecule has 30 heavy (non-hydrogen) atoms. The van der Waals surface area contributed by atoms with Gasteiger partial charge in [0.15, 0.2) is 6.19 Å². The number of likely N-dealkylation sites (tertiary alicyclic amines) is 1. The van der Waals surface area contributed by atoms with E-state index >= 15 is 0 Å². The zero-order chi connectivity index (χ0) is 21.5. The number of hydrogen-bond donors (Lipinski definition) is 2. The number of nitriles is 1. The van der Waals surface area contributed by atoms with E-state index < -0.39 is 0 Å². The molecule has 0 radical (unpaired) electrons. The lowest BCUT2D eigenvalue weighted by molar-refractivity contribution is -0.107. The smallest absolute Gasteiger partial charge is 0.256 e. The molecule has 0 bridgehead atoms. The van der Waals surface area contributed by atoms with Crippen LogP contribution in [0.25, 0.3) is 0 Å². The number of nitrogens with zero attached hydrogens (tertiary/aromatic N) is 4. The summed E-state index contributed by atoms with van der Waals surface area (Å²) in [5.41, 5.74) is 2.03. The summed E-state index contributed by atoms with van der Waals surface area (Å²) < 4.78 is 3.09. The maximum absolute atomic E-state index is 13.6. The van der Waals surface area contributed by atoms with Crippen LogP contribution in [0, 0.1) is 23.3 Å². The van der Waals surface area contributed by atoms with Crippen molar-refractivity contribution < 1.29 is 9.59 Å². The fourth-order valence-corrected chi connectivity index (χ4v) is 4.85. The van der Waals surface area contributed by atoms with Gasteiger partial charge in [-0.15, -0.1) is 0 Å². The van der Waals surface area contributed by atoms with Crippen LogP contribution in [0.5, 0.6) is 0 Å². The van der Waals surface area contributed by atoms with Gasteiger partial charge in [-0.3, -0.25) is 14.3 Å². The highest BCUT2D eigenvalue weighted by Crippen LogP contribution is 2.47. The summed E-state index contributed by atoms with van der Waals surface area (Å²) in [5.74, 6) is 0.609. The Morgan fingerprint density at radius 1 is 1.40 bits per heavy atom. The molecule has 160 valence electrons. The predicted octanol–water partition coefficient (Wildman–Crippen LogP) is 2.36. The maximum atomic E-state index is 13.6. The Balaban J connectivity index is 1.67. The zero-order valence-electron chi connectivity index (χ0n) is 17.5. The summed E-state index contributed by atoms with van der Waals surface area (Å²) in [7, 11) is 1.80. The van der Waals surface area contributed by atoms with Crippen LogP contribution in [-0.4, -0.2) is 54.8 Å². The molecule has 8 heteroatoms. The SMILES string of the molecule is CC1CN(C#N)CC1N(C)C(=O)c1cc(C2(NS)CC2)ccc1N(C=O)CC1CC1. The average Bonchev–Trinajstić information content (AvgIpc) is 3.69. The molecule has 3 aliphatic rings. The van der Waals surface area contributed by atoms with E-state index in [0.29, 0.717) is 36.8 Å². The van der Waals surface area contributed by atoms with Gasteiger partial charge in [0.2, 0.25) is 6.41 Å². The van der Waals surface area contributed by atoms with E-state index in [9.17, 15) is 14.9 Å². The second-order valence-corrected chi connectivity index (χ2v) is 9.32. The molecule has 1 aromatic rings. The molecular formula is C22H29N5O2S.